The van der Waals surface area contributed by atoms with Gasteiger partial charge in [-0.05, 0) is 17.0 Å². The summed E-state index contributed by atoms with van der Waals surface area (Å²) >= 11 is 0. The van der Waals surface area contributed by atoms with Crippen LogP contribution in [0.25, 0.3) is 0 Å². The minimum absolute atomic E-state index is 0.186. The Balaban J connectivity index is 2.55. The molecule has 0 radical (unpaired) electrons. The van der Waals surface area contributed by atoms with Crippen LogP contribution in [0.1, 0.15) is 25.0 Å². The van der Waals surface area contributed by atoms with Gasteiger partial charge in [-0.1, -0.05) is 38.1 Å². The number of benzene rings is 1. The third-order valence-electron chi connectivity index (χ3n) is 2.25. The lowest BCUT2D eigenvalue weighted by Gasteiger charge is -2.09. The molecule has 0 aliphatic rings. The zero-order chi connectivity index (χ0) is 12.0. The Labute approximate surface area is 96.6 Å². The fourth-order valence-corrected chi connectivity index (χ4v) is 1.40. The number of carbonyl (C=O) groups excluding carboxylic acids is 1. The summed E-state index contributed by atoms with van der Waals surface area (Å²) in [4.78, 5) is 11.5. The maximum absolute atomic E-state index is 11.5. The van der Waals surface area contributed by atoms with Crippen molar-refractivity contribution in [2.75, 3.05) is 6.61 Å². The Morgan fingerprint density at radius 3 is 2.50 bits per heavy atom. The van der Waals surface area contributed by atoms with Crippen molar-refractivity contribution in [1.82, 2.24) is 0 Å². The normalized spacial score (nSPS) is 10.5. The SMILES string of the molecule is CC(C)COC(=O)Cc1ccccc1CN. The number of nitrogens with two attached hydrogens (primary N) is 1. The second-order valence-corrected chi connectivity index (χ2v) is 4.23. The van der Waals surface area contributed by atoms with Crippen LogP contribution in [-0.4, -0.2) is 12.6 Å². The van der Waals surface area contributed by atoms with Crippen LogP contribution >= 0.6 is 0 Å². The van der Waals surface area contributed by atoms with Crippen molar-refractivity contribution in [2.24, 2.45) is 11.7 Å². The van der Waals surface area contributed by atoms with Gasteiger partial charge in [0, 0.05) is 6.54 Å². The maximum atomic E-state index is 11.5. The molecule has 3 nitrogen and oxygen atoms in total. The van der Waals surface area contributed by atoms with E-state index in [1.54, 1.807) is 0 Å². The molecule has 3 heteroatoms. The molecule has 2 N–H and O–H groups in total. The van der Waals surface area contributed by atoms with Gasteiger partial charge in [0.15, 0.2) is 0 Å². The van der Waals surface area contributed by atoms with Crippen molar-refractivity contribution in [3.8, 4) is 0 Å². The Bertz CT molecular complexity index is 348. The third kappa shape index (κ3) is 4.03. The first-order valence-electron chi connectivity index (χ1n) is 5.56. The minimum atomic E-state index is -0.186. The molecule has 0 saturated carbocycles. The summed E-state index contributed by atoms with van der Waals surface area (Å²) in [6, 6.07) is 7.68. The summed E-state index contributed by atoms with van der Waals surface area (Å²) in [5.74, 6) is 0.184. The molecule has 0 aliphatic carbocycles. The summed E-state index contributed by atoms with van der Waals surface area (Å²) in [5, 5.41) is 0. The number of hydrogen-bond acceptors (Lipinski definition) is 3. The number of hydrogen-bond donors (Lipinski definition) is 1. The highest BCUT2D eigenvalue weighted by atomic mass is 16.5. The summed E-state index contributed by atoms with van der Waals surface area (Å²) < 4.78 is 5.13. The predicted octanol–water partition coefficient (Wildman–Crippen LogP) is 1.89. The van der Waals surface area contributed by atoms with Gasteiger partial charge < -0.3 is 10.5 Å². The Morgan fingerprint density at radius 1 is 1.31 bits per heavy atom. The first kappa shape index (κ1) is 12.7. The molecule has 0 atom stereocenters. The third-order valence-corrected chi connectivity index (χ3v) is 2.25. The molecule has 0 spiro atoms. The van der Waals surface area contributed by atoms with Crippen LogP contribution in [0.4, 0.5) is 0 Å². The van der Waals surface area contributed by atoms with E-state index in [4.69, 9.17) is 10.5 Å². The summed E-state index contributed by atoms with van der Waals surface area (Å²) in [6.07, 6.45) is 0.306. The van der Waals surface area contributed by atoms with Crippen LogP contribution in [0.2, 0.25) is 0 Å². The van der Waals surface area contributed by atoms with Crippen molar-refractivity contribution in [2.45, 2.75) is 26.8 Å². The molecule has 0 aromatic heterocycles. The number of carbonyl (C=O) groups is 1. The minimum Gasteiger partial charge on any atom is -0.465 e. The lowest BCUT2D eigenvalue weighted by Crippen LogP contribution is -2.13. The van der Waals surface area contributed by atoms with E-state index in [0.29, 0.717) is 25.5 Å². The van der Waals surface area contributed by atoms with Gasteiger partial charge in [0.1, 0.15) is 0 Å². The number of ether oxygens (including phenoxy) is 1. The maximum Gasteiger partial charge on any atom is 0.310 e. The van der Waals surface area contributed by atoms with E-state index >= 15 is 0 Å². The molecule has 0 heterocycles. The van der Waals surface area contributed by atoms with E-state index in [-0.39, 0.29) is 5.97 Å². The van der Waals surface area contributed by atoms with Crippen LogP contribution in [0, 0.1) is 5.92 Å². The molecule has 0 aliphatic heterocycles. The molecule has 1 aromatic rings. The van der Waals surface area contributed by atoms with Crippen molar-refractivity contribution < 1.29 is 9.53 Å². The van der Waals surface area contributed by atoms with Gasteiger partial charge in [0.25, 0.3) is 0 Å². The Hall–Kier alpha value is -1.35. The highest BCUT2D eigenvalue weighted by Gasteiger charge is 2.08. The second kappa shape index (κ2) is 6.28. The summed E-state index contributed by atoms with van der Waals surface area (Å²) in [7, 11) is 0. The fourth-order valence-electron chi connectivity index (χ4n) is 1.40. The molecule has 0 bridgehead atoms. The van der Waals surface area contributed by atoms with Gasteiger partial charge >= 0.3 is 5.97 Å². The summed E-state index contributed by atoms with van der Waals surface area (Å²) in [6.45, 7) is 4.96. The van der Waals surface area contributed by atoms with Crippen molar-refractivity contribution in [1.29, 1.82) is 0 Å². The van der Waals surface area contributed by atoms with Gasteiger partial charge in [-0.2, -0.15) is 0 Å². The van der Waals surface area contributed by atoms with Crippen LogP contribution in [0.5, 0.6) is 0 Å². The van der Waals surface area contributed by atoms with Gasteiger partial charge in [0.2, 0.25) is 0 Å². The standard InChI is InChI=1S/C13H19NO2/c1-10(2)9-16-13(15)7-11-5-3-4-6-12(11)8-14/h3-6,10H,7-9,14H2,1-2H3. The highest BCUT2D eigenvalue weighted by Crippen LogP contribution is 2.09. The highest BCUT2D eigenvalue weighted by molar-refractivity contribution is 5.73. The molecule has 0 saturated heterocycles. The molecule has 16 heavy (non-hydrogen) atoms. The van der Waals surface area contributed by atoms with Crippen molar-refractivity contribution >= 4 is 5.97 Å². The first-order valence-corrected chi connectivity index (χ1v) is 5.56. The zero-order valence-corrected chi connectivity index (χ0v) is 9.90. The fraction of sp³-hybridized carbons (Fsp3) is 0.462. The largest absolute Gasteiger partial charge is 0.465 e. The molecular formula is C13H19NO2. The molecular weight excluding hydrogens is 202 g/mol. The van der Waals surface area contributed by atoms with E-state index < -0.39 is 0 Å². The monoisotopic (exact) mass is 221 g/mol. The zero-order valence-electron chi connectivity index (χ0n) is 9.90. The van der Waals surface area contributed by atoms with Gasteiger partial charge in [-0.3, -0.25) is 4.79 Å². The van der Waals surface area contributed by atoms with E-state index in [1.165, 1.54) is 0 Å². The van der Waals surface area contributed by atoms with Crippen LogP contribution in [0.3, 0.4) is 0 Å². The molecule has 1 rings (SSSR count). The first-order chi connectivity index (χ1) is 7.63. The average Bonchev–Trinajstić information content (AvgIpc) is 2.27. The van der Waals surface area contributed by atoms with Crippen LogP contribution < -0.4 is 5.73 Å². The van der Waals surface area contributed by atoms with Crippen molar-refractivity contribution in [3.05, 3.63) is 35.4 Å². The molecule has 88 valence electrons. The lowest BCUT2D eigenvalue weighted by atomic mass is 10.1. The topological polar surface area (TPSA) is 52.3 Å². The second-order valence-electron chi connectivity index (χ2n) is 4.23. The van der Waals surface area contributed by atoms with Gasteiger partial charge in [-0.15, -0.1) is 0 Å². The average molecular weight is 221 g/mol. The Kier molecular flexibility index (Phi) is 4.99. The molecule has 0 fully saturated rings. The molecule has 1 aromatic carbocycles. The predicted molar refractivity (Wildman–Crippen MR) is 63.8 cm³/mol. The van der Waals surface area contributed by atoms with E-state index in [2.05, 4.69) is 0 Å². The molecule has 0 unspecified atom stereocenters. The van der Waals surface area contributed by atoms with Gasteiger partial charge in [0.05, 0.1) is 13.0 Å². The number of rotatable bonds is 5. The van der Waals surface area contributed by atoms with Gasteiger partial charge in [-0.25, -0.2) is 0 Å². The Morgan fingerprint density at radius 2 is 1.94 bits per heavy atom. The smallest absolute Gasteiger partial charge is 0.310 e. The lowest BCUT2D eigenvalue weighted by molar-refractivity contribution is -0.143. The quantitative estimate of drug-likeness (QED) is 0.772. The summed E-state index contributed by atoms with van der Waals surface area (Å²) in [5.41, 5.74) is 7.56. The van der Waals surface area contributed by atoms with Crippen molar-refractivity contribution in [3.63, 3.8) is 0 Å². The van der Waals surface area contributed by atoms with Crippen LogP contribution in [-0.2, 0) is 22.5 Å². The van der Waals surface area contributed by atoms with Crippen LogP contribution in [0.15, 0.2) is 24.3 Å². The molecule has 0 amide bonds. The van der Waals surface area contributed by atoms with E-state index in [1.807, 2.05) is 38.1 Å². The van der Waals surface area contributed by atoms with E-state index in [9.17, 15) is 4.79 Å². The number of esters is 1. The van der Waals surface area contributed by atoms with E-state index in [0.717, 1.165) is 11.1 Å².